The van der Waals surface area contributed by atoms with E-state index in [9.17, 15) is 9.59 Å². The number of rotatable bonds is 6. The molecule has 0 saturated heterocycles. The van der Waals surface area contributed by atoms with Gasteiger partial charge in [0, 0.05) is 5.39 Å². The molecule has 0 unspecified atom stereocenters. The Kier molecular flexibility index (Phi) is 5.92. The molecule has 0 saturated carbocycles. The second-order valence-corrected chi connectivity index (χ2v) is 8.91. The Morgan fingerprint density at radius 3 is 2.77 bits per heavy atom. The van der Waals surface area contributed by atoms with Gasteiger partial charge in [-0.15, -0.1) is 10.2 Å². The molecule has 4 aromatic rings. The van der Waals surface area contributed by atoms with Gasteiger partial charge >= 0.3 is 5.97 Å². The SMILES string of the molecule is CCOC(=O)c1sc(NC(=O)CSc2nnc3cc(C)c4cccc(C)c4n23)nc1C. The summed E-state index contributed by atoms with van der Waals surface area (Å²) in [5, 5.41) is 13.5. The fraction of sp³-hybridized carbons (Fsp3) is 0.286. The van der Waals surface area contributed by atoms with Crippen molar-refractivity contribution >= 4 is 56.7 Å². The van der Waals surface area contributed by atoms with Gasteiger partial charge in [0.2, 0.25) is 5.91 Å². The third-order valence-corrected chi connectivity index (χ3v) is 6.71. The predicted octanol–water partition coefficient (Wildman–Crippen LogP) is 4.17. The number of fused-ring (bicyclic) bond motifs is 3. The van der Waals surface area contributed by atoms with Crippen LogP contribution in [0.1, 0.15) is 33.4 Å². The van der Waals surface area contributed by atoms with E-state index in [0.29, 0.717) is 20.9 Å². The number of amides is 1. The number of benzene rings is 1. The van der Waals surface area contributed by atoms with Gasteiger partial charge in [-0.05, 0) is 44.9 Å². The first-order valence-electron chi connectivity index (χ1n) is 9.70. The van der Waals surface area contributed by atoms with Crippen LogP contribution in [0, 0.1) is 20.8 Å². The summed E-state index contributed by atoms with van der Waals surface area (Å²) in [5.41, 5.74) is 4.57. The zero-order valence-corrected chi connectivity index (χ0v) is 19.2. The summed E-state index contributed by atoms with van der Waals surface area (Å²) in [6.07, 6.45) is 0. The molecule has 1 N–H and O–H groups in total. The Balaban J connectivity index is 1.53. The normalized spacial score (nSPS) is 11.2. The second kappa shape index (κ2) is 8.64. The Morgan fingerprint density at radius 2 is 2.00 bits per heavy atom. The van der Waals surface area contributed by atoms with Crippen molar-refractivity contribution in [3.63, 3.8) is 0 Å². The molecule has 4 rings (SSSR count). The molecule has 0 atom stereocenters. The number of esters is 1. The Morgan fingerprint density at radius 1 is 1.19 bits per heavy atom. The second-order valence-electron chi connectivity index (χ2n) is 6.97. The molecule has 3 heterocycles. The van der Waals surface area contributed by atoms with Crippen LogP contribution in [0.2, 0.25) is 0 Å². The van der Waals surface area contributed by atoms with Gasteiger partial charge in [0.05, 0.1) is 23.6 Å². The van der Waals surface area contributed by atoms with Gasteiger partial charge in [0.25, 0.3) is 0 Å². The first-order chi connectivity index (χ1) is 14.9. The number of nitrogens with one attached hydrogen (secondary N) is 1. The molecule has 0 fully saturated rings. The zero-order valence-electron chi connectivity index (χ0n) is 17.6. The monoisotopic (exact) mass is 455 g/mol. The quantitative estimate of drug-likeness (QED) is 0.344. The average molecular weight is 456 g/mol. The molecule has 0 radical (unpaired) electrons. The number of aromatic nitrogens is 4. The minimum atomic E-state index is -0.431. The van der Waals surface area contributed by atoms with E-state index < -0.39 is 5.97 Å². The molecular formula is C21H21N5O3S2. The maximum absolute atomic E-state index is 12.5. The average Bonchev–Trinajstić information content (AvgIpc) is 3.29. The van der Waals surface area contributed by atoms with Crippen LogP contribution < -0.4 is 5.32 Å². The number of hydrogen-bond acceptors (Lipinski definition) is 8. The van der Waals surface area contributed by atoms with Gasteiger partial charge in [-0.25, -0.2) is 9.78 Å². The molecule has 1 amide bonds. The van der Waals surface area contributed by atoms with Crippen LogP contribution in [-0.2, 0) is 9.53 Å². The molecule has 0 bridgehead atoms. The fourth-order valence-corrected chi connectivity index (χ4v) is 4.97. The number of thiazole rings is 1. The van der Waals surface area contributed by atoms with Crippen molar-refractivity contribution in [3.8, 4) is 0 Å². The van der Waals surface area contributed by atoms with Crippen molar-refractivity contribution in [1.82, 2.24) is 19.6 Å². The van der Waals surface area contributed by atoms with E-state index >= 15 is 0 Å². The van der Waals surface area contributed by atoms with Crippen LogP contribution in [0.25, 0.3) is 16.6 Å². The maximum Gasteiger partial charge on any atom is 0.350 e. The topological polar surface area (TPSA) is 98.5 Å². The molecule has 31 heavy (non-hydrogen) atoms. The van der Waals surface area contributed by atoms with Gasteiger partial charge in [0.1, 0.15) is 4.88 Å². The van der Waals surface area contributed by atoms with Crippen LogP contribution >= 0.6 is 23.1 Å². The number of carbonyl (C=O) groups excluding carboxylic acids is 2. The Labute approximate surface area is 187 Å². The van der Waals surface area contributed by atoms with Gasteiger partial charge in [-0.3, -0.25) is 9.20 Å². The van der Waals surface area contributed by atoms with Crippen LogP contribution in [0.3, 0.4) is 0 Å². The fourth-order valence-electron chi connectivity index (χ4n) is 3.35. The number of hydrogen-bond donors (Lipinski definition) is 1. The molecular weight excluding hydrogens is 434 g/mol. The number of aryl methyl sites for hydroxylation is 3. The van der Waals surface area contributed by atoms with Crippen LogP contribution in [0.4, 0.5) is 5.13 Å². The van der Waals surface area contributed by atoms with Crippen LogP contribution in [0.5, 0.6) is 0 Å². The summed E-state index contributed by atoms with van der Waals surface area (Å²) < 4.78 is 7.00. The summed E-state index contributed by atoms with van der Waals surface area (Å²) in [7, 11) is 0. The van der Waals surface area contributed by atoms with Crippen LogP contribution in [-0.4, -0.2) is 43.8 Å². The number of para-hydroxylation sites is 1. The van der Waals surface area contributed by atoms with E-state index in [-0.39, 0.29) is 18.3 Å². The molecule has 160 valence electrons. The summed E-state index contributed by atoms with van der Waals surface area (Å²) in [6.45, 7) is 7.85. The lowest BCUT2D eigenvalue weighted by atomic mass is 10.1. The first kappa shape index (κ1) is 21.3. The number of anilines is 1. The van der Waals surface area contributed by atoms with Crippen molar-refractivity contribution in [2.75, 3.05) is 17.7 Å². The lowest BCUT2D eigenvalue weighted by molar-refractivity contribution is -0.113. The van der Waals surface area contributed by atoms with Crippen molar-refractivity contribution in [1.29, 1.82) is 0 Å². The third kappa shape index (κ3) is 4.13. The molecule has 10 heteroatoms. The summed E-state index contributed by atoms with van der Waals surface area (Å²) >= 11 is 2.41. The van der Waals surface area contributed by atoms with Gasteiger partial charge in [0.15, 0.2) is 15.9 Å². The lowest BCUT2D eigenvalue weighted by Crippen LogP contribution is -2.14. The highest BCUT2D eigenvalue weighted by Gasteiger charge is 2.19. The van der Waals surface area contributed by atoms with Crippen molar-refractivity contribution in [3.05, 3.63) is 46.0 Å². The highest BCUT2D eigenvalue weighted by Crippen LogP contribution is 2.28. The van der Waals surface area contributed by atoms with Crippen LogP contribution in [0.15, 0.2) is 29.4 Å². The summed E-state index contributed by atoms with van der Waals surface area (Å²) in [5.74, 6) is -0.533. The van der Waals surface area contributed by atoms with E-state index in [1.54, 1.807) is 13.8 Å². The Hall–Kier alpha value is -2.98. The largest absolute Gasteiger partial charge is 0.462 e. The van der Waals surface area contributed by atoms with E-state index in [0.717, 1.165) is 39.0 Å². The lowest BCUT2D eigenvalue weighted by Gasteiger charge is -2.09. The van der Waals surface area contributed by atoms with Crippen molar-refractivity contribution < 1.29 is 14.3 Å². The summed E-state index contributed by atoms with van der Waals surface area (Å²) in [4.78, 5) is 29.1. The highest BCUT2D eigenvalue weighted by atomic mass is 32.2. The Bertz CT molecular complexity index is 1310. The molecule has 8 nitrogen and oxygen atoms in total. The molecule has 0 aliphatic heterocycles. The smallest absolute Gasteiger partial charge is 0.350 e. The predicted molar refractivity (Wildman–Crippen MR) is 122 cm³/mol. The zero-order chi connectivity index (χ0) is 22.1. The maximum atomic E-state index is 12.5. The van der Waals surface area contributed by atoms with Crippen molar-refractivity contribution in [2.45, 2.75) is 32.9 Å². The standard InChI is InChI=1S/C21H21N5O3S2/c1-5-29-19(28)18-13(4)22-20(31-18)23-16(27)10-30-21-25-24-15-9-12(3)14-8-6-7-11(2)17(14)26(15)21/h6-9H,5,10H2,1-4H3,(H,22,23,27). The molecule has 0 aliphatic carbocycles. The first-order valence-corrected chi connectivity index (χ1v) is 11.5. The van der Waals surface area contributed by atoms with E-state index in [2.05, 4.69) is 33.5 Å². The van der Waals surface area contributed by atoms with Gasteiger partial charge < -0.3 is 10.1 Å². The highest BCUT2D eigenvalue weighted by molar-refractivity contribution is 7.99. The molecule has 1 aromatic carbocycles. The van der Waals surface area contributed by atoms with E-state index in [1.807, 2.05) is 29.5 Å². The minimum absolute atomic E-state index is 0.134. The van der Waals surface area contributed by atoms with Gasteiger partial charge in [-0.1, -0.05) is 41.3 Å². The van der Waals surface area contributed by atoms with E-state index in [4.69, 9.17) is 4.74 Å². The molecule has 0 spiro atoms. The third-order valence-electron chi connectivity index (χ3n) is 4.73. The molecule has 3 aromatic heterocycles. The number of thioether (sulfide) groups is 1. The number of nitrogens with zero attached hydrogens (tertiary/aromatic N) is 4. The van der Waals surface area contributed by atoms with E-state index in [1.165, 1.54) is 11.8 Å². The van der Waals surface area contributed by atoms with Crippen molar-refractivity contribution in [2.24, 2.45) is 0 Å². The summed E-state index contributed by atoms with van der Waals surface area (Å²) in [6, 6.07) is 8.15. The van der Waals surface area contributed by atoms with Gasteiger partial charge in [-0.2, -0.15) is 0 Å². The number of carbonyl (C=O) groups is 2. The minimum Gasteiger partial charge on any atom is -0.462 e. The molecule has 0 aliphatic rings. The number of pyridine rings is 1. The number of ether oxygens (including phenoxy) is 1.